The SMILES string of the molecule is O=C(Cn1ccn2nccc2c1=O)N1CCCNCC1. The first-order valence-corrected chi connectivity index (χ1v) is 6.77. The molecule has 3 rings (SSSR count). The van der Waals surface area contributed by atoms with Crippen molar-refractivity contribution < 1.29 is 4.79 Å². The molecule has 0 spiro atoms. The number of carbonyl (C=O) groups excluding carboxylic acids is 1. The van der Waals surface area contributed by atoms with Crippen molar-refractivity contribution >= 4 is 11.4 Å². The highest BCUT2D eigenvalue weighted by atomic mass is 16.2. The topological polar surface area (TPSA) is 71.6 Å². The monoisotopic (exact) mass is 275 g/mol. The van der Waals surface area contributed by atoms with Crippen LogP contribution in [0, 0.1) is 0 Å². The number of fused-ring (bicyclic) bond motifs is 1. The molecule has 3 heterocycles. The third kappa shape index (κ3) is 2.44. The van der Waals surface area contributed by atoms with Crippen molar-refractivity contribution in [3.63, 3.8) is 0 Å². The van der Waals surface area contributed by atoms with Crippen molar-refractivity contribution in [3.8, 4) is 0 Å². The highest BCUT2D eigenvalue weighted by Gasteiger charge is 2.16. The van der Waals surface area contributed by atoms with E-state index >= 15 is 0 Å². The minimum absolute atomic E-state index is 0.0142. The Bertz CT molecular complexity index is 667. The molecule has 0 aromatic carbocycles. The van der Waals surface area contributed by atoms with E-state index in [0.29, 0.717) is 12.1 Å². The lowest BCUT2D eigenvalue weighted by molar-refractivity contribution is -0.131. The first-order valence-electron chi connectivity index (χ1n) is 6.77. The molecular formula is C13H17N5O2. The van der Waals surface area contributed by atoms with Crippen LogP contribution in [-0.2, 0) is 11.3 Å². The highest BCUT2D eigenvalue weighted by Crippen LogP contribution is 1.99. The maximum absolute atomic E-state index is 12.3. The van der Waals surface area contributed by atoms with Crippen LogP contribution >= 0.6 is 0 Å². The summed E-state index contributed by atoms with van der Waals surface area (Å²) in [5.41, 5.74) is 0.295. The molecule has 0 radical (unpaired) electrons. The molecule has 0 bridgehead atoms. The van der Waals surface area contributed by atoms with Crippen molar-refractivity contribution in [2.24, 2.45) is 0 Å². The predicted molar refractivity (Wildman–Crippen MR) is 73.5 cm³/mol. The van der Waals surface area contributed by atoms with E-state index in [1.807, 2.05) is 4.90 Å². The number of nitrogens with zero attached hydrogens (tertiary/aromatic N) is 4. The first kappa shape index (κ1) is 12.9. The fraction of sp³-hybridized carbons (Fsp3) is 0.462. The Hall–Kier alpha value is -2.15. The van der Waals surface area contributed by atoms with E-state index in [2.05, 4.69) is 10.4 Å². The second kappa shape index (κ2) is 5.46. The van der Waals surface area contributed by atoms with Crippen LogP contribution in [0.3, 0.4) is 0 Å². The van der Waals surface area contributed by atoms with Gasteiger partial charge in [-0.15, -0.1) is 0 Å². The van der Waals surface area contributed by atoms with Crippen molar-refractivity contribution in [2.75, 3.05) is 26.2 Å². The van der Waals surface area contributed by atoms with Crippen LogP contribution in [0.25, 0.3) is 5.52 Å². The van der Waals surface area contributed by atoms with Crippen LogP contribution in [-0.4, -0.2) is 51.2 Å². The van der Waals surface area contributed by atoms with Crippen LogP contribution in [0.15, 0.2) is 29.5 Å². The van der Waals surface area contributed by atoms with E-state index in [1.54, 1.807) is 24.7 Å². The highest BCUT2D eigenvalue weighted by molar-refractivity contribution is 5.76. The maximum Gasteiger partial charge on any atom is 0.277 e. The van der Waals surface area contributed by atoms with Crippen molar-refractivity contribution in [3.05, 3.63) is 35.0 Å². The normalized spacial score (nSPS) is 16.3. The van der Waals surface area contributed by atoms with E-state index in [9.17, 15) is 9.59 Å². The number of hydrogen-bond acceptors (Lipinski definition) is 4. The molecule has 1 saturated heterocycles. The van der Waals surface area contributed by atoms with Crippen LogP contribution in [0.5, 0.6) is 0 Å². The Morgan fingerprint density at radius 2 is 2.20 bits per heavy atom. The molecule has 2 aromatic heterocycles. The quantitative estimate of drug-likeness (QED) is 0.788. The summed E-state index contributed by atoms with van der Waals surface area (Å²) in [6.07, 6.45) is 5.82. The summed E-state index contributed by atoms with van der Waals surface area (Å²) in [6.45, 7) is 3.27. The van der Waals surface area contributed by atoms with Gasteiger partial charge in [0.2, 0.25) is 5.91 Å². The van der Waals surface area contributed by atoms with Gasteiger partial charge in [-0.25, -0.2) is 4.52 Å². The lowest BCUT2D eigenvalue weighted by Crippen LogP contribution is -2.38. The summed E-state index contributed by atoms with van der Waals surface area (Å²) < 4.78 is 2.96. The average Bonchev–Trinajstić information content (AvgIpc) is 2.76. The summed E-state index contributed by atoms with van der Waals surface area (Å²) in [6, 6.07) is 1.65. The molecule has 1 N–H and O–H groups in total. The lowest BCUT2D eigenvalue weighted by Gasteiger charge is -2.20. The molecule has 0 atom stereocenters. The van der Waals surface area contributed by atoms with Gasteiger partial charge in [0.25, 0.3) is 5.56 Å². The molecule has 7 heteroatoms. The number of carbonyl (C=O) groups is 1. The van der Waals surface area contributed by atoms with Crippen LogP contribution in [0.4, 0.5) is 0 Å². The Kier molecular flexibility index (Phi) is 3.51. The Morgan fingerprint density at radius 3 is 3.10 bits per heavy atom. The predicted octanol–water partition coefficient (Wildman–Crippen LogP) is -0.682. The van der Waals surface area contributed by atoms with Gasteiger partial charge in [-0.1, -0.05) is 0 Å². The third-order valence-electron chi connectivity index (χ3n) is 3.54. The van der Waals surface area contributed by atoms with Gasteiger partial charge in [0.15, 0.2) is 0 Å². The fourth-order valence-corrected chi connectivity index (χ4v) is 2.43. The smallest absolute Gasteiger partial charge is 0.277 e. The Morgan fingerprint density at radius 1 is 1.30 bits per heavy atom. The van der Waals surface area contributed by atoms with E-state index in [-0.39, 0.29) is 18.0 Å². The Balaban J connectivity index is 1.79. The molecule has 0 unspecified atom stereocenters. The zero-order valence-electron chi connectivity index (χ0n) is 11.2. The molecular weight excluding hydrogens is 258 g/mol. The minimum atomic E-state index is -0.189. The third-order valence-corrected chi connectivity index (χ3v) is 3.54. The first-order chi connectivity index (χ1) is 9.75. The zero-order chi connectivity index (χ0) is 13.9. The van der Waals surface area contributed by atoms with Gasteiger partial charge >= 0.3 is 0 Å². The van der Waals surface area contributed by atoms with Gasteiger partial charge < -0.3 is 14.8 Å². The van der Waals surface area contributed by atoms with E-state index in [0.717, 1.165) is 26.1 Å². The van der Waals surface area contributed by atoms with Crippen LogP contribution in [0.2, 0.25) is 0 Å². The summed E-state index contributed by atoms with van der Waals surface area (Å²) in [4.78, 5) is 26.3. The molecule has 1 amide bonds. The number of nitrogens with one attached hydrogen (secondary N) is 1. The second-order valence-corrected chi connectivity index (χ2v) is 4.88. The van der Waals surface area contributed by atoms with Gasteiger partial charge in [-0.2, -0.15) is 5.10 Å². The van der Waals surface area contributed by atoms with Crippen molar-refractivity contribution in [2.45, 2.75) is 13.0 Å². The summed E-state index contributed by atoms with van der Waals surface area (Å²) in [5.74, 6) is -0.0142. The molecule has 20 heavy (non-hydrogen) atoms. The summed E-state index contributed by atoms with van der Waals surface area (Å²) in [7, 11) is 0. The molecule has 106 valence electrons. The number of rotatable bonds is 2. The molecule has 0 aliphatic carbocycles. The molecule has 7 nitrogen and oxygen atoms in total. The number of hydrogen-bond donors (Lipinski definition) is 1. The van der Waals surface area contributed by atoms with E-state index in [1.165, 1.54) is 9.08 Å². The lowest BCUT2D eigenvalue weighted by atomic mass is 10.3. The summed E-state index contributed by atoms with van der Waals surface area (Å²) >= 11 is 0. The van der Waals surface area contributed by atoms with Crippen LogP contribution < -0.4 is 10.9 Å². The molecule has 0 saturated carbocycles. The zero-order valence-corrected chi connectivity index (χ0v) is 11.2. The maximum atomic E-state index is 12.3. The van der Waals surface area contributed by atoms with E-state index in [4.69, 9.17) is 0 Å². The standard InChI is InChI=1S/C13H17N5O2/c19-12(16-6-1-3-14-5-7-16)10-17-8-9-18-11(13(17)20)2-4-15-18/h2,4,8-9,14H,1,3,5-7,10H2. The average molecular weight is 275 g/mol. The fourth-order valence-electron chi connectivity index (χ4n) is 2.43. The molecule has 2 aromatic rings. The largest absolute Gasteiger partial charge is 0.340 e. The van der Waals surface area contributed by atoms with Gasteiger partial charge in [-0.3, -0.25) is 9.59 Å². The minimum Gasteiger partial charge on any atom is -0.340 e. The van der Waals surface area contributed by atoms with Gasteiger partial charge in [-0.05, 0) is 19.0 Å². The van der Waals surface area contributed by atoms with Crippen molar-refractivity contribution in [1.82, 2.24) is 24.4 Å². The summed E-state index contributed by atoms with van der Waals surface area (Å²) in [5, 5.41) is 7.26. The molecule has 1 aliphatic heterocycles. The van der Waals surface area contributed by atoms with E-state index < -0.39 is 0 Å². The van der Waals surface area contributed by atoms with Crippen molar-refractivity contribution in [1.29, 1.82) is 0 Å². The van der Waals surface area contributed by atoms with Gasteiger partial charge in [0, 0.05) is 32.0 Å². The Labute approximate surface area is 115 Å². The molecule has 1 fully saturated rings. The molecule has 1 aliphatic rings. The van der Waals surface area contributed by atoms with Crippen LogP contribution in [0.1, 0.15) is 6.42 Å². The second-order valence-electron chi connectivity index (χ2n) is 4.88. The van der Waals surface area contributed by atoms with Gasteiger partial charge in [0.05, 0.1) is 6.20 Å². The number of aromatic nitrogens is 3. The number of amides is 1. The van der Waals surface area contributed by atoms with Gasteiger partial charge in [0.1, 0.15) is 12.1 Å².